The van der Waals surface area contributed by atoms with E-state index in [9.17, 15) is 23.9 Å². The molecule has 3 heterocycles. The van der Waals surface area contributed by atoms with Gasteiger partial charge in [-0.3, -0.25) is 19.3 Å². The molecule has 1 saturated carbocycles. The van der Waals surface area contributed by atoms with Crippen LogP contribution in [0.1, 0.15) is 45.7 Å². The number of halogens is 1. The van der Waals surface area contributed by atoms with Gasteiger partial charge in [0.05, 0.1) is 6.54 Å². The second-order valence-electron chi connectivity index (χ2n) is 8.80. The fourth-order valence-electron chi connectivity index (χ4n) is 4.61. The van der Waals surface area contributed by atoms with Gasteiger partial charge in [-0.1, -0.05) is 12.1 Å². The lowest BCUT2D eigenvalue weighted by Gasteiger charge is -2.47. The molecule has 1 atom stereocenters. The molecule has 2 aromatic rings. The van der Waals surface area contributed by atoms with Crippen LogP contribution in [0.3, 0.4) is 0 Å². The Morgan fingerprint density at radius 2 is 1.91 bits per heavy atom. The summed E-state index contributed by atoms with van der Waals surface area (Å²) in [5, 5.41) is 13.2. The number of carbonyl (C=O) groups excluding carboxylic acids is 2. The van der Waals surface area contributed by atoms with E-state index in [4.69, 9.17) is 0 Å². The van der Waals surface area contributed by atoms with Gasteiger partial charge in [-0.15, -0.1) is 0 Å². The molecule has 2 N–H and O–H groups in total. The van der Waals surface area contributed by atoms with Gasteiger partial charge in [0, 0.05) is 32.4 Å². The van der Waals surface area contributed by atoms with E-state index in [1.54, 1.807) is 4.90 Å². The fourth-order valence-corrected chi connectivity index (χ4v) is 4.61. The maximum atomic E-state index is 13.1. The van der Waals surface area contributed by atoms with Gasteiger partial charge < -0.3 is 19.9 Å². The van der Waals surface area contributed by atoms with Crippen molar-refractivity contribution in [2.24, 2.45) is 5.92 Å². The number of aromatic hydroxyl groups is 1. The van der Waals surface area contributed by atoms with Gasteiger partial charge in [-0.05, 0) is 42.9 Å². The number of carbonyl (C=O) groups is 2. The number of benzene rings is 1. The Kier molecular flexibility index (Phi) is 5.21. The first-order valence-electron chi connectivity index (χ1n) is 11.0. The van der Waals surface area contributed by atoms with Crippen LogP contribution in [0, 0.1) is 11.7 Å². The first kappa shape index (κ1) is 20.7. The van der Waals surface area contributed by atoms with Crippen LogP contribution >= 0.6 is 0 Å². The third-order valence-electron chi connectivity index (χ3n) is 6.51. The number of nitrogens with one attached hydrogen (secondary N) is 1. The Bertz CT molecular complexity index is 1130. The Morgan fingerprint density at radius 3 is 2.62 bits per heavy atom. The van der Waals surface area contributed by atoms with Crippen LogP contribution in [0.2, 0.25) is 0 Å². The summed E-state index contributed by atoms with van der Waals surface area (Å²) in [6, 6.07) is 5.65. The van der Waals surface area contributed by atoms with Crippen molar-refractivity contribution >= 4 is 11.8 Å². The highest BCUT2D eigenvalue weighted by Crippen LogP contribution is 2.34. The molecular weight excluding hydrogens is 415 g/mol. The monoisotopic (exact) mass is 440 g/mol. The molecule has 5 rings (SSSR count). The molecule has 2 aliphatic heterocycles. The molecule has 2 fully saturated rings. The maximum absolute atomic E-state index is 13.1. The van der Waals surface area contributed by atoms with Gasteiger partial charge in [0.1, 0.15) is 17.5 Å². The molecule has 3 aliphatic rings. The minimum atomic E-state index is -0.869. The van der Waals surface area contributed by atoms with E-state index in [1.165, 1.54) is 47.9 Å². The lowest BCUT2D eigenvalue weighted by molar-refractivity contribution is -0.0120. The van der Waals surface area contributed by atoms with Crippen molar-refractivity contribution < 1.29 is 19.1 Å². The zero-order valence-corrected chi connectivity index (χ0v) is 17.6. The van der Waals surface area contributed by atoms with E-state index in [-0.39, 0.29) is 35.7 Å². The van der Waals surface area contributed by atoms with E-state index in [0.717, 1.165) is 19.5 Å². The Morgan fingerprint density at radius 1 is 1.16 bits per heavy atom. The average molecular weight is 440 g/mol. The first-order valence-corrected chi connectivity index (χ1v) is 11.0. The van der Waals surface area contributed by atoms with Gasteiger partial charge >= 0.3 is 0 Å². The van der Waals surface area contributed by atoms with Gasteiger partial charge in [0.25, 0.3) is 11.8 Å². The molecule has 0 bridgehead atoms. The minimum absolute atomic E-state index is 0.0605. The number of nitrogens with zero attached hydrogens (tertiary/aromatic N) is 3. The molecule has 32 heavy (non-hydrogen) atoms. The van der Waals surface area contributed by atoms with E-state index < -0.39 is 17.1 Å². The summed E-state index contributed by atoms with van der Waals surface area (Å²) in [5.41, 5.74) is -0.481. The van der Waals surface area contributed by atoms with Gasteiger partial charge in [-0.2, -0.15) is 0 Å². The maximum Gasteiger partial charge on any atom is 0.275 e. The van der Waals surface area contributed by atoms with Crippen LogP contribution in [-0.4, -0.2) is 57.1 Å². The van der Waals surface area contributed by atoms with Crippen molar-refractivity contribution in [1.29, 1.82) is 0 Å². The second kappa shape index (κ2) is 8.05. The van der Waals surface area contributed by atoms with Crippen LogP contribution in [0.5, 0.6) is 5.75 Å². The van der Waals surface area contributed by atoms with Crippen molar-refractivity contribution in [3.63, 3.8) is 0 Å². The summed E-state index contributed by atoms with van der Waals surface area (Å²) in [5.74, 6) is -1.44. The lowest BCUT2D eigenvalue weighted by atomic mass is 10.1. The van der Waals surface area contributed by atoms with E-state index in [1.807, 2.05) is 0 Å². The summed E-state index contributed by atoms with van der Waals surface area (Å²) in [6.45, 7) is 2.90. The first-order chi connectivity index (χ1) is 15.4. The zero-order valence-electron chi connectivity index (χ0n) is 17.6. The summed E-state index contributed by atoms with van der Waals surface area (Å²) in [6.07, 6.45) is 4.49. The number of rotatable bonds is 5. The van der Waals surface area contributed by atoms with Crippen LogP contribution in [0.25, 0.3) is 0 Å². The predicted molar refractivity (Wildman–Crippen MR) is 114 cm³/mol. The largest absolute Gasteiger partial charge is 0.503 e. The van der Waals surface area contributed by atoms with Gasteiger partial charge in [0.15, 0.2) is 11.4 Å². The summed E-state index contributed by atoms with van der Waals surface area (Å²) in [4.78, 5) is 42.6. The quantitative estimate of drug-likeness (QED) is 0.735. The van der Waals surface area contributed by atoms with Crippen molar-refractivity contribution in [2.75, 3.05) is 19.6 Å². The Balaban J connectivity index is 1.41. The van der Waals surface area contributed by atoms with E-state index in [0.29, 0.717) is 24.6 Å². The molecule has 2 amide bonds. The molecule has 1 unspecified atom stereocenters. The fraction of sp³-hybridized carbons (Fsp3) is 0.435. The SMILES string of the molecule is O=C(NCc1ccc(F)cc1)c1cn2c(c(O)c1=O)C(=O)N1CCCN(CC3CC3)C1C2. The average Bonchev–Trinajstić information content (AvgIpc) is 3.60. The molecule has 1 aliphatic carbocycles. The van der Waals surface area contributed by atoms with Crippen LogP contribution in [0.15, 0.2) is 35.3 Å². The number of fused-ring (bicyclic) bond motifs is 2. The number of hydrogen-bond acceptors (Lipinski definition) is 5. The third-order valence-corrected chi connectivity index (χ3v) is 6.51. The summed E-state index contributed by atoms with van der Waals surface area (Å²) in [7, 11) is 0. The molecule has 0 spiro atoms. The summed E-state index contributed by atoms with van der Waals surface area (Å²) >= 11 is 0. The highest BCUT2D eigenvalue weighted by molar-refractivity contribution is 5.99. The topological polar surface area (TPSA) is 94.9 Å². The minimum Gasteiger partial charge on any atom is -0.503 e. The second-order valence-corrected chi connectivity index (χ2v) is 8.80. The highest BCUT2D eigenvalue weighted by atomic mass is 19.1. The molecule has 168 valence electrons. The number of hydrogen-bond donors (Lipinski definition) is 2. The van der Waals surface area contributed by atoms with Crippen LogP contribution in [0.4, 0.5) is 4.39 Å². The van der Waals surface area contributed by atoms with Crippen molar-refractivity contribution in [3.05, 3.63) is 63.3 Å². The molecule has 1 aromatic carbocycles. The number of amides is 2. The zero-order chi connectivity index (χ0) is 22.4. The van der Waals surface area contributed by atoms with Crippen LogP contribution < -0.4 is 10.7 Å². The lowest BCUT2D eigenvalue weighted by Crippen LogP contribution is -2.61. The van der Waals surface area contributed by atoms with E-state index >= 15 is 0 Å². The molecule has 8 nitrogen and oxygen atoms in total. The van der Waals surface area contributed by atoms with Crippen LogP contribution in [-0.2, 0) is 13.1 Å². The van der Waals surface area contributed by atoms with Crippen molar-refractivity contribution in [2.45, 2.75) is 38.5 Å². The van der Waals surface area contributed by atoms with Gasteiger partial charge in [-0.25, -0.2) is 4.39 Å². The van der Waals surface area contributed by atoms with Gasteiger partial charge in [0.2, 0.25) is 5.43 Å². The number of aromatic nitrogens is 1. The molecule has 1 aromatic heterocycles. The Labute approximate surface area is 184 Å². The summed E-state index contributed by atoms with van der Waals surface area (Å²) < 4.78 is 14.6. The molecular formula is C23H25FN4O4. The van der Waals surface area contributed by atoms with E-state index in [2.05, 4.69) is 10.2 Å². The molecule has 9 heteroatoms. The third kappa shape index (κ3) is 3.77. The predicted octanol–water partition coefficient (Wildman–Crippen LogP) is 1.52. The standard InChI is InChI=1S/C23H25FN4O4/c24-16-6-4-14(5-7-16)10-25-22(31)17-12-27-13-18-26(11-15-2-3-15)8-1-9-28(18)23(32)19(27)21(30)20(17)29/h4-7,12,15,18,30H,1-3,8-11,13H2,(H,25,31). The molecule has 1 saturated heterocycles. The van der Waals surface area contributed by atoms with Crippen molar-refractivity contribution in [1.82, 2.24) is 19.7 Å². The number of pyridine rings is 1. The Hall–Kier alpha value is -3.20. The highest BCUT2D eigenvalue weighted by Gasteiger charge is 2.41. The normalized spacial score (nSPS) is 20.6. The molecule has 0 radical (unpaired) electrons. The smallest absolute Gasteiger partial charge is 0.275 e. The van der Waals surface area contributed by atoms with Crippen molar-refractivity contribution in [3.8, 4) is 5.75 Å².